The lowest BCUT2D eigenvalue weighted by Crippen LogP contribution is -2.16. The topological polar surface area (TPSA) is 37.8 Å². The van der Waals surface area contributed by atoms with Gasteiger partial charge in [-0.25, -0.2) is 9.97 Å². The molecule has 26 heavy (non-hydrogen) atoms. The molecule has 0 saturated carbocycles. The molecule has 0 radical (unpaired) electrons. The van der Waals surface area contributed by atoms with Gasteiger partial charge in [0.25, 0.3) is 0 Å². The van der Waals surface area contributed by atoms with Crippen molar-refractivity contribution in [3.8, 4) is 0 Å². The monoisotopic (exact) mass is 351 g/mol. The van der Waals surface area contributed by atoms with E-state index in [1.807, 2.05) is 12.4 Å². The lowest BCUT2D eigenvalue weighted by atomic mass is 9.99. The van der Waals surface area contributed by atoms with Gasteiger partial charge in [-0.3, -0.25) is 0 Å². The van der Waals surface area contributed by atoms with Gasteiger partial charge >= 0.3 is 0 Å². The number of nitrogens with one attached hydrogen (secondary N) is 1. The molecule has 0 unspecified atom stereocenters. The Kier molecular flexibility index (Phi) is 10.3. The smallest absolute Gasteiger partial charge is 0.115 e. The number of benzene rings is 1. The van der Waals surface area contributed by atoms with Gasteiger partial charge < -0.3 is 5.32 Å². The van der Waals surface area contributed by atoms with Crippen molar-refractivity contribution in [1.82, 2.24) is 15.3 Å². The third-order valence-corrected chi connectivity index (χ3v) is 4.58. The molecule has 2 rings (SSSR count). The van der Waals surface area contributed by atoms with Crippen molar-refractivity contribution < 1.29 is 0 Å². The molecule has 2 aromatic rings. The van der Waals surface area contributed by atoms with E-state index >= 15 is 0 Å². The summed E-state index contributed by atoms with van der Waals surface area (Å²) in [5.41, 5.74) is 4.13. The molecule has 0 saturated heterocycles. The number of aryl methyl sites for hydroxylation is 1. The number of hydrogen-bond acceptors (Lipinski definition) is 3. The maximum atomic E-state index is 4.06. The maximum Gasteiger partial charge on any atom is 0.115 e. The third-order valence-electron chi connectivity index (χ3n) is 4.58. The van der Waals surface area contributed by atoms with Gasteiger partial charge in [-0.15, -0.1) is 0 Å². The van der Waals surface area contributed by atoms with Crippen molar-refractivity contribution in [2.75, 3.05) is 13.1 Å². The van der Waals surface area contributed by atoms with Crippen LogP contribution in [0.5, 0.6) is 0 Å². The fourth-order valence-corrected chi connectivity index (χ4v) is 3.05. The molecule has 1 heterocycles. The van der Waals surface area contributed by atoms with Gasteiger partial charge in [-0.1, -0.05) is 49.8 Å². The average molecular weight is 352 g/mol. The van der Waals surface area contributed by atoms with E-state index in [4.69, 9.17) is 0 Å². The van der Waals surface area contributed by atoms with Crippen LogP contribution in [0, 0.1) is 0 Å². The lowest BCUT2D eigenvalue weighted by molar-refractivity contribution is 0.606. The van der Waals surface area contributed by atoms with Crippen molar-refractivity contribution in [2.24, 2.45) is 0 Å². The SMILES string of the molecule is CCCCC(=CCCCNCCCCc1cncnc1)c1ccccc1. The number of hydrogen-bond donors (Lipinski definition) is 1. The van der Waals surface area contributed by atoms with Gasteiger partial charge in [-0.2, -0.15) is 0 Å². The van der Waals surface area contributed by atoms with E-state index in [1.165, 1.54) is 55.2 Å². The molecule has 1 aromatic carbocycles. The fraction of sp³-hybridized carbons (Fsp3) is 0.478. The van der Waals surface area contributed by atoms with Gasteiger partial charge in [0.2, 0.25) is 0 Å². The molecule has 0 fully saturated rings. The molecule has 0 atom stereocenters. The molecule has 140 valence electrons. The number of aromatic nitrogens is 2. The second kappa shape index (κ2) is 13.2. The normalized spacial score (nSPS) is 11.7. The highest BCUT2D eigenvalue weighted by molar-refractivity contribution is 5.65. The van der Waals surface area contributed by atoms with Crippen LogP contribution in [-0.2, 0) is 6.42 Å². The van der Waals surface area contributed by atoms with Crippen LogP contribution in [0.2, 0.25) is 0 Å². The van der Waals surface area contributed by atoms with Crippen LogP contribution in [0.25, 0.3) is 5.57 Å². The largest absolute Gasteiger partial charge is 0.317 e. The van der Waals surface area contributed by atoms with Gasteiger partial charge in [0.05, 0.1) is 0 Å². The highest BCUT2D eigenvalue weighted by Crippen LogP contribution is 2.21. The van der Waals surface area contributed by atoms with E-state index in [9.17, 15) is 0 Å². The van der Waals surface area contributed by atoms with Crippen LogP contribution in [0.15, 0.2) is 55.1 Å². The van der Waals surface area contributed by atoms with Gasteiger partial charge in [0.1, 0.15) is 6.33 Å². The van der Waals surface area contributed by atoms with Crippen LogP contribution >= 0.6 is 0 Å². The lowest BCUT2D eigenvalue weighted by Gasteiger charge is -2.08. The standard InChI is InChI=1S/C23H33N3/c1-2-3-12-22(23-13-5-4-6-14-23)15-8-10-17-24-16-9-7-11-21-18-25-20-26-19-21/h4-6,13-15,18-20,24H,2-3,7-12,16-17H2,1H3. The molecular formula is C23H33N3. The van der Waals surface area contributed by atoms with Crippen LogP contribution in [0.1, 0.15) is 63.0 Å². The first-order chi connectivity index (χ1) is 12.9. The summed E-state index contributed by atoms with van der Waals surface area (Å²) >= 11 is 0. The second-order valence-corrected chi connectivity index (χ2v) is 6.80. The molecule has 0 amide bonds. The van der Waals surface area contributed by atoms with Gasteiger partial charge in [0.15, 0.2) is 0 Å². The van der Waals surface area contributed by atoms with E-state index in [2.05, 4.69) is 58.6 Å². The van der Waals surface area contributed by atoms with E-state index in [1.54, 1.807) is 6.33 Å². The van der Waals surface area contributed by atoms with Gasteiger partial charge in [0, 0.05) is 12.4 Å². The van der Waals surface area contributed by atoms with Crippen molar-refractivity contribution >= 4 is 5.57 Å². The predicted octanol–water partition coefficient (Wildman–Crippen LogP) is 5.44. The molecule has 3 heteroatoms. The van der Waals surface area contributed by atoms with Crippen LogP contribution in [0.4, 0.5) is 0 Å². The molecule has 3 nitrogen and oxygen atoms in total. The Morgan fingerprint density at radius 3 is 2.50 bits per heavy atom. The molecule has 0 aliphatic heterocycles. The summed E-state index contributed by atoms with van der Waals surface area (Å²) in [6.45, 7) is 4.46. The first-order valence-electron chi connectivity index (χ1n) is 10.1. The predicted molar refractivity (Wildman–Crippen MR) is 111 cm³/mol. The number of nitrogens with zero attached hydrogens (tertiary/aromatic N) is 2. The fourth-order valence-electron chi connectivity index (χ4n) is 3.05. The summed E-state index contributed by atoms with van der Waals surface area (Å²) in [4.78, 5) is 8.11. The number of rotatable bonds is 13. The zero-order chi connectivity index (χ0) is 18.3. The highest BCUT2D eigenvalue weighted by atomic mass is 14.8. The highest BCUT2D eigenvalue weighted by Gasteiger charge is 2.00. The van der Waals surface area contributed by atoms with E-state index in [0.717, 1.165) is 25.9 Å². The van der Waals surface area contributed by atoms with Crippen LogP contribution in [-0.4, -0.2) is 23.1 Å². The molecule has 1 aromatic heterocycles. The average Bonchev–Trinajstić information content (AvgIpc) is 2.70. The molecule has 0 aliphatic carbocycles. The minimum absolute atomic E-state index is 1.07. The summed E-state index contributed by atoms with van der Waals surface area (Å²) in [6.07, 6.45) is 17.4. The van der Waals surface area contributed by atoms with Gasteiger partial charge in [-0.05, 0) is 74.7 Å². The Morgan fingerprint density at radius 1 is 0.962 bits per heavy atom. The summed E-state index contributed by atoms with van der Waals surface area (Å²) in [6, 6.07) is 10.8. The van der Waals surface area contributed by atoms with Crippen molar-refractivity contribution in [2.45, 2.75) is 58.3 Å². The first kappa shape index (κ1) is 20.3. The maximum absolute atomic E-state index is 4.06. The second-order valence-electron chi connectivity index (χ2n) is 6.80. The van der Waals surface area contributed by atoms with Crippen molar-refractivity contribution in [1.29, 1.82) is 0 Å². The quantitative estimate of drug-likeness (QED) is 0.488. The Bertz CT molecular complexity index is 608. The molecular weight excluding hydrogens is 318 g/mol. The minimum atomic E-state index is 1.07. The van der Waals surface area contributed by atoms with Crippen molar-refractivity contribution in [3.05, 3.63) is 66.3 Å². The zero-order valence-corrected chi connectivity index (χ0v) is 16.2. The van der Waals surface area contributed by atoms with E-state index in [-0.39, 0.29) is 0 Å². The summed E-state index contributed by atoms with van der Waals surface area (Å²) in [5.74, 6) is 0. The van der Waals surface area contributed by atoms with Crippen molar-refractivity contribution in [3.63, 3.8) is 0 Å². The van der Waals surface area contributed by atoms with E-state index in [0.29, 0.717) is 0 Å². The molecule has 0 bridgehead atoms. The van der Waals surface area contributed by atoms with Crippen LogP contribution < -0.4 is 5.32 Å². The minimum Gasteiger partial charge on any atom is -0.317 e. The van der Waals surface area contributed by atoms with Crippen LogP contribution in [0.3, 0.4) is 0 Å². The Balaban J connectivity index is 1.58. The first-order valence-corrected chi connectivity index (χ1v) is 10.1. The number of unbranched alkanes of at least 4 members (excludes halogenated alkanes) is 3. The summed E-state index contributed by atoms with van der Waals surface area (Å²) in [5, 5.41) is 3.57. The molecule has 1 N–H and O–H groups in total. The summed E-state index contributed by atoms with van der Waals surface area (Å²) < 4.78 is 0. The number of allylic oxidation sites excluding steroid dienone is 2. The third kappa shape index (κ3) is 8.39. The Hall–Kier alpha value is -2.00. The Labute approximate surface area is 159 Å². The molecule has 0 aliphatic rings. The Morgan fingerprint density at radius 2 is 1.73 bits per heavy atom. The summed E-state index contributed by atoms with van der Waals surface area (Å²) in [7, 11) is 0. The zero-order valence-electron chi connectivity index (χ0n) is 16.2. The van der Waals surface area contributed by atoms with E-state index < -0.39 is 0 Å². The molecule has 0 spiro atoms.